The Morgan fingerprint density at radius 3 is 2.44 bits per heavy atom. The Labute approximate surface area is 213 Å². The summed E-state index contributed by atoms with van der Waals surface area (Å²) in [6.45, 7) is 0. The molecule has 1 N–H and O–H groups in total. The van der Waals surface area contributed by atoms with Crippen LogP contribution in [0.2, 0.25) is 10.0 Å². The number of carbonyl (C=O) groups excluding carboxylic acids is 3. The van der Waals surface area contributed by atoms with Crippen LogP contribution in [0.1, 0.15) is 6.42 Å². The minimum atomic E-state index is -0.247. The van der Waals surface area contributed by atoms with Crippen LogP contribution in [0.3, 0.4) is 0 Å². The van der Waals surface area contributed by atoms with Gasteiger partial charge >= 0.3 is 0 Å². The van der Waals surface area contributed by atoms with E-state index < -0.39 is 0 Å². The van der Waals surface area contributed by atoms with Crippen molar-refractivity contribution in [3.63, 3.8) is 0 Å². The van der Waals surface area contributed by atoms with Crippen LogP contribution in [0.25, 0.3) is 10.2 Å². The van der Waals surface area contributed by atoms with Gasteiger partial charge in [0.25, 0.3) is 0 Å². The van der Waals surface area contributed by atoms with Gasteiger partial charge in [-0.1, -0.05) is 53.2 Å². The molecule has 1 aromatic heterocycles. The van der Waals surface area contributed by atoms with Gasteiger partial charge < -0.3 is 5.32 Å². The van der Waals surface area contributed by atoms with Gasteiger partial charge in [-0.05, 0) is 48.6 Å². The summed E-state index contributed by atoms with van der Waals surface area (Å²) in [5.74, 6) is -0.400. The molecule has 6 nitrogen and oxygen atoms in total. The number of halogens is 2. The van der Waals surface area contributed by atoms with Crippen LogP contribution >= 0.6 is 46.3 Å². The van der Waals surface area contributed by atoms with Gasteiger partial charge in [0, 0.05) is 0 Å². The molecule has 2 aromatic carbocycles. The average molecular weight is 530 g/mol. The molecule has 1 saturated heterocycles. The van der Waals surface area contributed by atoms with Crippen LogP contribution in [0.4, 0.5) is 11.4 Å². The third-order valence-corrected chi connectivity index (χ3v) is 9.43. The number of thiazole rings is 1. The lowest BCUT2D eigenvalue weighted by atomic mass is 9.85. The molecule has 10 heteroatoms. The maximum absolute atomic E-state index is 13.1. The molecule has 172 valence electrons. The van der Waals surface area contributed by atoms with E-state index in [1.54, 1.807) is 24.3 Å². The number of hydrogen-bond acceptors (Lipinski definition) is 6. The van der Waals surface area contributed by atoms with Crippen LogP contribution in [0.15, 0.2) is 52.9 Å². The summed E-state index contributed by atoms with van der Waals surface area (Å²) in [5, 5.41) is 3.48. The van der Waals surface area contributed by atoms with Gasteiger partial charge in [0.15, 0.2) is 4.34 Å². The Balaban J connectivity index is 1.17. The van der Waals surface area contributed by atoms with E-state index in [1.807, 2.05) is 12.1 Å². The zero-order valence-electron chi connectivity index (χ0n) is 17.5. The molecule has 2 fully saturated rings. The van der Waals surface area contributed by atoms with Crippen molar-refractivity contribution in [2.45, 2.75) is 10.8 Å². The molecular weight excluding hydrogens is 513 g/mol. The van der Waals surface area contributed by atoms with Crippen molar-refractivity contribution in [2.75, 3.05) is 16.0 Å². The second-order valence-electron chi connectivity index (χ2n) is 8.58. The highest BCUT2D eigenvalue weighted by Gasteiger charge is 2.59. The van der Waals surface area contributed by atoms with Crippen molar-refractivity contribution in [3.8, 4) is 0 Å². The molecule has 3 aliphatic rings. The van der Waals surface area contributed by atoms with E-state index in [0.29, 0.717) is 25.8 Å². The monoisotopic (exact) mass is 529 g/mol. The van der Waals surface area contributed by atoms with Crippen LogP contribution in [0, 0.1) is 23.7 Å². The molecular formula is C24H17Cl2N3O3S2. The Kier molecular flexibility index (Phi) is 5.44. The van der Waals surface area contributed by atoms with E-state index >= 15 is 0 Å². The molecule has 34 heavy (non-hydrogen) atoms. The number of benzene rings is 2. The topological polar surface area (TPSA) is 79.4 Å². The number of imide groups is 1. The zero-order chi connectivity index (χ0) is 23.6. The van der Waals surface area contributed by atoms with E-state index in [9.17, 15) is 14.4 Å². The van der Waals surface area contributed by atoms with Crippen molar-refractivity contribution in [1.82, 2.24) is 4.98 Å². The quantitative estimate of drug-likeness (QED) is 0.262. The largest absolute Gasteiger partial charge is 0.323 e. The van der Waals surface area contributed by atoms with Gasteiger partial charge in [0.2, 0.25) is 17.7 Å². The first-order chi connectivity index (χ1) is 16.4. The molecule has 4 atom stereocenters. The number of aromatic nitrogens is 1. The number of rotatable bonds is 5. The van der Waals surface area contributed by atoms with Crippen molar-refractivity contribution >= 4 is 85.6 Å². The van der Waals surface area contributed by atoms with E-state index in [4.69, 9.17) is 23.2 Å². The third kappa shape index (κ3) is 3.55. The maximum atomic E-state index is 13.1. The Hall–Kier alpha value is -2.39. The highest BCUT2D eigenvalue weighted by Crippen LogP contribution is 2.53. The van der Waals surface area contributed by atoms with Crippen molar-refractivity contribution in [2.24, 2.45) is 23.7 Å². The smallest absolute Gasteiger partial charge is 0.238 e. The second kappa shape index (κ2) is 8.37. The fourth-order valence-electron chi connectivity index (χ4n) is 5.17. The van der Waals surface area contributed by atoms with Crippen molar-refractivity contribution < 1.29 is 14.4 Å². The summed E-state index contributed by atoms with van der Waals surface area (Å²) in [7, 11) is 0. The van der Waals surface area contributed by atoms with Gasteiger partial charge in [-0.25, -0.2) is 9.88 Å². The molecule has 6 rings (SSSR count). The second-order valence-corrected chi connectivity index (χ2v) is 11.6. The number of amides is 3. The summed E-state index contributed by atoms with van der Waals surface area (Å²) >= 11 is 14.9. The Morgan fingerprint density at radius 2 is 1.76 bits per heavy atom. The summed E-state index contributed by atoms with van der Waals surface area (Å²) < 4.78 is 1.57. The number of hydrogen-bond donors (Lipinski definition) is 1. The molecule has 0 spiro atoms. The van der Waals surface area contributed by atoms with Gasteiger partial charge in [0.05, 0.1) is 49.2 Å². The first kappa shape index (κ1) is 22.1. The number of thioether (sulfide) groups is 1. The van der Waals surface area contributed by atoms with E-state index in [0.717, 1.165) is 16.6 Å². The number of nitrogens with one attached hydrogen (secondary N) is 1. The van der Waals surface area contributed by atoms with E-state index in [-0.39, 0.29) is 47.1 Å². The van der Waals surface area contributed by atoms with Crippen LogP contribution < -0.4 is 10.2 Å². The SMILES string of the molecule is O=C(CSc1nc2ccc(N3C(=O)[C@@H]4[C@@H](C3=O)[C@H]3C=C[C@H]4C3)cc2s1)Nc1c(Cl)cccc1Cl. The molecule has 0 unspecified atom stereocenters. The normalized spacial score (nSPS) is 24.9. The van der Waals surface area contributed by atoms with Crippen LogP contribution in [-0.2, 0) is 14.4 Å². The molecule has 3 aromatic rings. The lowest BCUT2D eigenvalue weighted by Gasteiger charge is -2.17. The molecule has 2 heterocycles. The highest BCUT2D eigenvalue weighted by molar-refractivity contribution is 8.01. The number of allylic oxidation sites excluding steroid dienone is 2. The average Bonchev–Trinajstić information content (AvgIpc) is 3.57. The summed E-state index contributed by atoms with van der Waals surface area (Å²) in [6.07, 6.45) is 5.09. The van der Waals surface area contributed by atoms with Gasteiger partial charge in [0.1, 0.15) is 0 Å². The minimum Gasteiger partial charge on any atom is -0.323 e. The van der Waals surface area contributed by atoms with E-state index in [1.165, 1.54) is 28.0 Å². The van der Waals surface area contributed by atoms with Crippen LogP contribution in [0.5, 0.6) is 0 Å². The third-order valence-electron chi connectivity index (χ3n) is 6.63. The number of fused-ring (bicyclic) bond motifs is 6. The first-order valence-corrected chi connectivity index (χ1v) is 13.3. The minimum absolute atomic E-state index is 0.0970. The van der Waals surface area contributed by atoms with Crippen molar-refractivity contribution in [1.29, 1.82) is 0 Å². The lowest BCUT2D eigenvalue weighted by molar-refractivity contribution is -0.123. The van der Waals surface area contributed by atoms with Crippen LogP contribution in [-0.4, -0.2) is 28.5 Å². The number of nitrogens with zero attached hydrogens (tertiary/aromatic N) is 2. The van der Waals surface area contributed by atoms with Gasteiger partial charge in [-0.15, -0.1) is 11.3 Å². The number of para-hydroxylation sites is 1. The van der Waals surface area contributed by atoms with Gasteiger partial charge in [-0.3, -0.25) is 14.4 Å². The van der Waals surface area contributed by atoms with Gasteiger partial charge in [-0.2, -0.15) is 0 Å². The lowest BCUT2D eigenvalue weighted by Crippen LogP contribution is -2.32. The highest BCUT2D eigenvalue weighted by atomic mass is 35.5. The Morgan fingerprint density at radius 1 is 1.09 bits per heavy atom. The standard InChI is InChI=1S/C24H17Cl2N3O3S2/c25-14-2-1-3-15(26)21(14)28-18(30)10-33-24-27-16-7-6-13(9-17(16)34-24)29-22(31)19-11-4-5-12(8-11)20(19)23(29)32/h1-7,9,11-12,19-20H,8,10H2,(H,28,30)/t11-,12-,19-,20-/m0/s1. The van der Waals surface area contributed by atoms with Crippen molar-refractivity contribution in [3.05, 3.63) is 58.6 Å². The zero-order valence-corrected chi connectivity index (χ0v) is 20.7. The maximum Gasteiger partial charge on any atom is 0.238 e. The van der Waals surface area contributed by atoms with E-state index in [2.05, 4.69) is 22.5 Å². The predicted molar refractivity (Wildman–Crippen MR) is 136 cm³/mol. The molecule has 2 bridgehead atoms. The molecule has 2 aliphatic carbocycles. The molecule has 1 aliphatic heterocycles. The summed E-state index contributed by atoms with van der Waals surface area (Å²) in [4.78, 5) is 44.5. The predicted octanol–water partition coefficient (Wildman–Crippen LogP) is 5.65. The molecule has 3 amide bonds. The number of anilines is 2. The summed E-state index contributed by atoms with van der Waals surface area (Å²) in [5.41, 5.74) is 1.73. The first-order valence-electron chi connectivity index (χ1n) is 10.7. The summed E-state index contributed by atoms with van der Waals surface area (Å²) in [6, 6.07) is 10.5. The molecule has 0 radical (unpaired) electrons. The fourth-order valence-corrected chi connectivity index (χ4v) is 7.56. The fraction of sp³-hybridized carbons (Fsp3) is 0.250. The number of carbonyl (C=O) groups is 3. The molecule has 1 saturated carbocycles. The Bertz CT molecular complexity index is 1360.